The summed E-state index contributed by atoms with van der Waals surface area (Å²) in [6, 6.07) is 13.8. The van der Waals surface area contributed by atoms with E-state index in [0.29, 0.717) is 53.5 Å². The van der Waals surface area contributed by atoms with Gasteiger partial charge in [-0.15, -0.1) is 0 Å². The van der Waals surface area contributed by atoms with Gasteiger partial charge in [-0.25, -0.2) is 0 Å². The number of benzene rings is 3. The summed E-state index contributed by atoms with van der Waals surface area (Å²) in [5.41, 5.74) is 0. The van der Waals surface area contributed by atoms with Crippen LogP contribution in [0, 0.1) is 0 Å². The molecule has 0 amide bonds. The average Bonchev–Trinajstić information content (AvgIpc) is 2.87. The highest BCUT2D eigenvalue weighted by Crippen LogP contribution is 2.59. The molecule has 0 N–H and O–H groups in total. The normalized spacial score (nSPS) is 11.9. The van der Waals surface area contributed by atoms with Gasteiger partial charge in [0.2, 0.25) is 17.2 Å². The second-order valence-electron chi connectivity index (χ2n) is 8.67. The van der Waals surface area contributed by atoms with Crippen LogP contribution in [-0.4, -0.2) is 20.3 Å². The topological polar surface area (TPSA) is 46.2 Å². The highest BCUT2D eigenvalue weighted by molar-refractivity contribution is 5.99. The Morgan fingerprint density at radius 2 is 1.21 bits per heavy atom. The van der Waals surface area contributed by atoms with Crippen LogP contribution in [0.15, 0.2) is 42.5 Å². The predicted molar refractivity (Wildman–Crippen MR) is 136 cm³/mol. The molecule has 0 unspecified atom stereocenters. The molecule has 3 aromatic rings. The predicted octanol–water partition coefficient (Wildman–Crippen LogP) is 8.66. The van der Waals surface area contributed by atoms with Crippen molar-refractivity contribution in [3.8, 4) is 40.2 Å². The second-order valence-corrected chi connectivity index (χ2v) is 8.67. The summed E-state index contributed by atoms with van der Waals surface area (Å²) in [7, 11) is 1.63. The number of ether oxygens (including phenoxy) is 5. The van der Waals surface area contributed by atoms with Crippen molar-refractivity contribution in [1.82, 2.24) is 0 Å². The molecule has 0 saturated heterocycles. The summed E-state index contributed by atoms with van der Waals surface area (Å²) in [6.07, 6.45) is 9.08. The Balaban J connectivity index is 1.74. The molecule has 0 aliphatic carbocycles. The molecule has 182 valence electrons. The SMILES string of the molecule is CCCCCCOc1c2c(c(OCCCCCC)c3ccccc13)Oc1c(OC)cccc1O2. The molecule has 0 bridgehead atoms. The van der Waals surface area contributed by atoms with Gasteiger partial charge in [0.1, 0.15) is 0 Å². The van der Waals surface area contributed by atoms with Gasteiger partial charge < -0.3 is 23.7 Å². The third-order valence-corrected chi connectivity index (χ3v) is 6.10. The van der Waals surface area contributed by atoms with Gasteiger partial charge in [0.25, 0.3) is 0 Å². The number of fused-ring (bicyclic) bond motifs is 3. The van der Waals surface area contributed by atoms with Crippen LogP contribution < -0.4 is 23.7 Å². The van der Waals surface area contributed by atoms with Gasteiger partial charge in [-0.2, -0.15) is 0 Å². The van der Waals surface area contributed by atoms with Gasteiger partial charge >= 0.3 is 0 Å². The standard InChI is InChI=1S/C29H36O5/c1-4-6-8-12-19-31-25-21-15-10-11-16-22(21)26(32-20-13-9-7-5-2)29-28(25)33-24-18-14-17-23(30-3)27(24)34-29/h10-11,14-18H,4-9,12-13,19-20H2,1-3H3. The molecule has 1 aliphatic rings. The summed E-state index contributed by atoms with van der Waals surface area (Å²) in [6.45, 7) is 5.67. The van der Waals surface area contributed by atoms with Crippen LogP contribution in [0.3, 0.4) is 0 Å². The van der Waals surface area contributed by atoms with Gasteiger partial charge in [0.15, 0.2) is 23.0 Å². The van der Waals surface area contributed by atoms with Crippen LogP contribution >= 0.6 is 0 Å². The molecular weight excluding hydrogens is 428 g/mol. The molecule has 0 spiro atoms. The second kappa shape index (κ2) is 11.9. The third-order valence-electron chi connectivity index (χ3n) is 6.10. The van der Waals surface area contributed by atoms with E-state index in [1.807, 2.05) is 30.3 Å². The fraction of sp³-hybridized carbons (Fsp3) is 0.448. The van der Waals surface area contributed by atoms with Crippen molar-refractivity contribution in [1.29, 1.82) is 0 Å². The van der Waals surface area contributed by atoms with E-state index >= 15 is 0 Å². The number of para-hydroxylation sites is 1. The van der Waals surface area contributed by atoms with Crippen LogP contribution in [0.25, 0.3) is 10.8 Å². The van der Waals surface area contributed by atoms with Gasteiger partial charge in [0, 0.05) is 10.8 Å². The lowest BCUT2D eigenvalue weighted by Crippen LogP contribution is -2.08. The molecule has 1 aliphatic heterocycles. The first-order valence-electron chi connectivity index (χ1n) is 12.7. The summed E-state index contributed by atoms with van der Waals surface area (Å²) in [5.74, 6) is 4.29. The molecule has 3 aromatic carbocycles. The van der Waals surface area contributed by atoms with E-state index < -0.39 is 0 Å². The molecule has 4 rings (SSSR count). The summed E-state index contributed by atoms with van der Waals surface area (Å²) in [4.78, 5) is 0. The molecule has 5 nitrogen and oxygen atoms in total. The number of methoxy groups -OCH3 is 1. The fourth-order valence-electron chi connectivity index (χ4n) is 4.26. The monoisotopic (exact) mass is 464 g/mol. The summed E-state index contributed by atoms with van der Waals surface area (Å²) < 4.78 is 31.1. The van der Waals surface area contributed by atoms with E-state index in [-0.39, 0.29) is 0 Å². The van der Waals surface area contributed by atoms with Crippen LogP contribution in [0.2, 0.25) is 0 Å². The van der Waals surface area contributed by atoms with Crippen molar-refractivity contribution < 1.29 is 23.7 Å². The molecule has 0 fully saturated rings. The summed E-state index contributed by atoms with van der Waals surface area (Å²) >= 11 is 0. The maximum atomic E-state index is 6.45. The number of rotatable bonds is 13. The Labute approximate surface area is 202 Å². The fourth-order valence-corrected chi connectivity index (χ4v) is 4.26. The molecule has 0 radical (unpaired) electrons. The lowest BCUT2D eigenvalue weighted by atomic mass is 10.1. The quantitative estimate of drug-likeness (QED) is 0.185. The maximum Gasteiger partial charge on any atom is 0.216 e. The first kappa shape index (κ1) is 24.1. The van der Waals surface area contributed by atoms with Crippen LogP contribution in [0.5, 0.6) is 40.2 Å². The van der Waals surface area contributed by atoms with Crippen LogP contribution in [-0.2, 0) is 0 Å². The Morgan fingerprint density at radius 3 is 1.76 bits per heavy atom. The van der Waals surface area contributed by atoms with E-state index in [4.69, 9.17) is 23.7 Å². The molecular formula is C29H36O5. The largest absolute Gasteiger partial charge is 0.493 e. The molecule has 0 saturated carbocycles. The zero-order chi connectivity index (χ0) is 23.8. The Hall–Kier alpha value is -3.08. The van der Waals surface area contributed by atoms with Crippen molar-refractivity contribution >= 4 is 10.8 Å². The third kappa shape index (κ3) is 5.19. The van der Waals surface area contributed by atoms with Crippen molar-refractivity contribution in [2.75, 3.05) is 20.3 Å². The first-order valence-corrected chi connectivity index (χ1v) is 12.7. The van der Waals surface area contributed by atoms with Gasteiger partial charge in [0.05, 0.1) is 20.3 Å². The first-order chi connectivity index (χ1) is 16.8. The lowest BCUT2D eigenvalue weighted by molar-refractivity contribution is 0.260. The van der Waals surface area contributed by atoms with E-state index in [1.165, 1.54) is 25.7 Å². The van der Waals surface area contributed by atoms with Gasteiger partial charge in [-0.3, -0.25) is 0 Å². The zero-order valence-electron chi connectivity index (χ0n) is 20.7. The smallest absolute Gasteiger partial charge is 0.216 e. The minimum absolute atomic E-state index is 0.551. The van der Waals surface area contributed by atoms with E-state index in [2.05, 4.69) is 26.0 Å². The molecule has 5 heteroatoms. The average molecular weight is 465 g/mol. The van der Waals surface area contributed by atoms with E-state index in [0.717, 1.165) is 36.5 Å². The molecule has 34 heavy (non-hydrogen) atoms. The number of hydrogen-bond donors (Lipinski definition) is 0. The minimum atomic E-state index is 0.551. The molecule has 0 aromatic heterocycles. The van der Waals surface area contributed by atoms with Gasteiger partial charge in [-0.05, 0) is 25.0 Å². The Bertz CT molecular complexity index is 1090. The van der Waals surface area contributed by atoms with Crippen LogP contribution in [0.1, 0.15) is 65.2 Å². The van der Waals surface area contributed by atoms with Crippen LogP contribution in [0.4, 0.5) is 0 Å². The minimum Gasteiger partial charge on any atom is -0.493 e. The molecule has 0 atom stereocenters. The van der Waals surface area contributed by atoms with Crippen molar-refractivity contribution in [3.63, 3.8) is 0 Å². The van der Waals surface area contributed by atoms with Crippen molar-refractivity contribution in [2.45, 2.75) is 65.2 Å². The highest BCUT2D eigenvalue weighted by Gasteiger charge is 2.32. The maximum absolute atomic E-state index is 6.45. The Kier molecular flexibility index (Phi) is 8.40. The number of unbranched alkanes of at least 4 members (excludes halogenated alkanes) is 6. The molecule has 1 heterocycles. The number of hydrogen-bond acceptors (Lipinski definition) is 5. The van der Waals surface area contributed by atoms with E-state index in [1.54, 1.807) is 7.11 Å². The zero-order valence-corrected chi connectivity index (χ0v) is 20.7. The highest BCUT2D eigenvalue weighted by atomic mass is 16.6. The van der Waals surface area contributed by atoms with E-state index in [9.17, 15) is 0 Å². The Morgan fingerprint density at radius 1 is 0.618 bits per heavy atom. The van der Waals surface area contributed by atoms with Gasteiger partial charge in [-0.1, -0.05) is 82.7 Å². The van der Waals surface area contributed by atoms with Crippen molar-refractivity contribution in [2.24, 2.45) is 0 Å². The van der Waals surface area contributed by atoms with Crippen molar-refractivity contribution in [3.05, 3.63) is 42.5 Å². The summed E-state index contributed by atoms with van der Waals surface area (Å²) in [5, 5.41) is 1.93. The lowest BCUT2D eigenvalue weighted by Gasteiger charge is -2.27.